The topological polar surface area (TPSA) is 114 Å². The van der Waals surface area contributed by atoms with E-state index in [0.717, 1.165) is 25.7 Å². The van der Waals surface area contributed by atoms with Gasteiger partial charge in [0.05, 0.1) is 6.61 Å². The summed E-state index contributed by atoms with van der Waals surface area (Å²) < 4.78 is 10.6. The van der Waals surface area contributed by atoms with Crippen molar-refractivity contribution in [2.45, 2.75) is 102 Å². The molecule has 202 valence electrons. The average molecular weight is 506 g/mol. The average Bonchev–Trinajstić information content (AvgIpc) is 3.29. The first-order valence-corrected chi connectivity index (χ1v) is 13.0. The maximum absolute atomic E-state index is 13.6. The third-order valence-electron chi connectivity index (χ3n) is 6.51. The number of esters is 1. The van der Waals surface area contributed by atoms with Gasteiger partial charge in [-0.1, -0.05) is 25.0 Å². The number of hydrogen-bond acceptors (Lipinski definition) is 6. The van der Waals surface area contributed by atoms with Crippen LogP contribution in [0, 0.1) is 5.92 Å². The van der Waals surface area contributed by atoms with E-state index in [1.807, 2.05) is 6.08 Å². The van der Waals surface area contributed by atoms with E-state index >= 15 is 0 Å². The van der Waals surface area contributed by atoms with Gasteiger partial charge in [-0.2, -0.15) is 0 Å². The van der Waals surface area contributed by atoms with Crippen molar-refractivity contribution in [2.75, 3.05) is 13.2 Å². The van der Waals surface area contributed by atoms with Crippen LogP contribution in [0.15, 0.2) is 25.3 Å². The highest BCUT2D eigenvalue weighted by molar-refractivity contribution is 5.96. The Labute approximate surface area is 215 Å². The van der Waals surface area contributed by atoms with Gasteiger partial charge in [0.15, 0.2) is 0 Å². The predicted octanol–water partition coefficient (Wildman–Crippen LogP) is 3.63. The molecule has 9 heteroatoms. The Kier molecular flexibility index (Phi) is 10.5. The van der Waals surface area contributed by atoms with Crippen LogP contribution in [-0.4, -0.2) is 65.2 Å². The lowest BCUT2D eigenvalue weighted by Gasteiger charge is -2.30. The van der Waals surface area contributed by atoms with Crippen LogP contribution in [0.5, 0.6) is 0 Å². The third-order valence-corrected chi connectivity index (χ3v) is 6.51. The molecule has 0 aromatic heterocycles. The first-order chi connectivity index (χ1) is 17.0. The molecule has 36 heavy (non-hydrogen) atoms. The van der Waals surface area contributed by atoms with E-state index in [1.165, 1.54) is 4.90 Å². The lowest BCUT2D eigenvalue weighted by atomic mass is 10.0. The van der Waals surface area contributed by atoms with E-state index in [0.29, 0.717) is 32.2 Å². The fourth-order valence-corrected chi connectivity index (χ4v) is 4.59. The van der Waals surface area contributed by atoms with Gasteiger partial charge in [-0.15, -0.1) is 13.2 Å². The molecule has 0 bridgehead atoms. The van der Waals surface area contributed by atoms with Crippen molar-refractivity contribution >= 4 is 23.9 Å². The second-order valence-electron chi connectivity index (χ2n) is 10.5. The van der Waals surface area contributed by atoms with Crippen molar-refractivity contribution < 1.29 is 28.7 Å². The molecule has 1 aliphatic heterocycles. The zero-order chi connectivity index (χ0) is 26.9. The minimum absolute atomic E-state index is 0.205. The summed E-state index contributed by atoms with van der Waals surface area (Å²) in [5, 5.41) is 5.58. The zero-order valence-electron chi connectivity index (χ0n) is 22.3. The van der Waals surface area contributed by atoms with Crippen molar-refractivity contribution in [3.05, 3.63) is 25.3 Å². The first kappa shape index (κ1) is 29.4. The number of amides is 3. The molecule has 2 rings (SSSR count). The predicted molar refractivity (Wildman–Crippen MR) is 137 cm³/mol. The summed E-state index contributed by atoms with van der Waals surface area (Å²) in [7, 11) is 0. The van der Waals surface area contributed by atoms with Gasteiger partial charge in [-0.05, 0) is 66.2 Å². The zero-order valence-corrected chi connectivity index (χ0v) is 22.3. The summed E-state index contributed by atoms with van der Waals surface area (Å²) in [6.45, 7) is 15.1. The molecular formula is C27H43N3O6. The molecule has 3 amide bonds. The molecule has 1 saturated carbocycles. The molecule has 1 heterocycles. The molecule has 2 N–H and O–H groups in total. The van der Waals surface area contributed by atoms with E-state index in [9.17, 15) is 19.2 Å². The van der Waals surface area contributed by atoms with E-state index < -0.39 is 35.3 Å². The fraction of sp³-hybridized carbons (Fsp3) is 0.704. The molecule has 4 atom stereocenters. The van der Waals surface area contributed by atoms with Gasteiger partial charge in [-0.25, -0.2) is 9.59 Å². The molecule has 1 aliphatic carbocycles. The molecule has 2 fully saturated rings. The Morgan fingerprint density at radius 1 is 1.17 bits per heavy atom. The number of rotatable bonds is 13. The number of alkyl carbamates (subject to hydrolysis) is 1. The normalized spacial score (nSPS) is 23.8. The highest BCUT2D eigenvalue weighted by atomic mass is 16.6. The SMILES string of the molecule is C=CCCCCC[C@H](NC(=O)OC(C)(C)C)C(=O)N1CCC[C@H]1C(=O)NC1(C(=O)OCC)C[C@H]1C=C. The maximum Gasteiger partial charge on any atom is 0.408 e. The summed E-state index contributed by atoms with van der Waals surface area (Å²) in [6, 6.07) is -1.53. The number of carbonyl (C=O) groups excluding carboxylic acids is 4. The Morgan fingerprint density at radius 2 is 1.89 bits per heavy atom. The van der Waals surface area contributed by atoms with Crippen LogP contribution < -0.4 is 10.6 Å². The van der Waals surface area contributed by atoms with E-state index in [1.54, 1.807) is 33.8 Å². The van der Waals surface area contributed by atoms with E-state index in [-0.39, 0.29) is 24.3 Å². The number of carbonyl (C=O) groups is 4. The van der Waals surface area contributed by atoms with Crippen LogP contribution in [0.25, 0.3) is 0 Å². The highest BCUT2D eigenvalue weighted by Gasteiger charge is 2.61. The summed E-state index contributed by atoms with van der Waals surface area (Å²) in [5.74, 6) is -1.39. The number of nitrogens with one attached hydrogen (secondary N) is 2. The lowest BCUT2D eigenvalue weighted by Crippen LogP contribution is -2.56. The molecule has 1 saturated heterocycles. The molecule has 0 radical (unpaired) electrons. The van der Waals surface area contributed by atoms with Crippen LogP contribution in [0.4, 0.5) is 4.79 Å². The smallest absolute Gasteiger partial charge is 0.408 e. The van der Waals surface area contributed by atoms with Gasteiger partial charge in [0.1, 0.15) is 23.2 Å². The number of unbranched alkanes of at least 4 members (excludes halogenated alkanes) is 3. The van der Waals surface area contributed by atoms with Gasteiger partial charge in [0.2, 0.25) is 11.8 Å². The van der Waals surface area contributed by atoms with Crippen LogP contribution in [0.3, 0.4) is 0 Å². The van der Waals surface area contributed by atoms with Crippen molar-refractivity contribution in [2.24, 2.45) is 5.92 Å². The maximum atomic E-state index is 13.6. The Balaban J connectivity index is 2.12. The van der Waals surface area contributed by atoms with Crippen LogP contribution in [-0.2, 0) is 23.9 Å². The second-order valence-corrected chi connectivity index (χ2v) is 10.5. The first-order valence-electron chi connectivity index (χ1n) is 13.0. The van der Waals surface area contributed by atoms with Gasteiger partial charge in [0.25, 0.3) is 0 Å². The lowest BCUT2D eigenvalue weighted by molar-refractivity contribution is -0.150. The molecule has 9 nitrogen and oxygen atoms in total. The van der Waals surface area contributed by atoms with E-state index in [4.69, 9.17) is 9.47 Å². The molecule has 0 aromatic carbocycles. The van der Waals surface area contributed by atoms with Crippen molar-refractivity contribution in [1.82, 2.24) is 15.5 Å². The van der Waals surface area contributed by atoms with Gasteiger partial charge in [-0.3, -0.25) is 9.59 Å². The minimum atomic E-state index is -1.12. The molecule has 2 aliphatic rings. The van der Waals surface area contributed by atoms with Crippen molar-refractivity contribution in [3.8, 4) is 0 Å². The number of ether oxygens (including phenoxy) is 2. The standard InChI is InChI=1S/C27H43N3O6/c1-7-10-11-12-13-15-20(28-25(34)36-26(4,5)6)23(32)30-17-14-16-21(30)22(31)29-27(18-19(27)8-2)24(33)35-9-3/h7-8,19-21H,1-2,9-18H2,3-6H3,(H,28,34)(H,29,31)/t19-,20+,21+,27?/m1/s1. The minimum Gasteiger partial charge on any atom is -0.464 e. The Bertz CT molecular complexity index is 836. The van der Waals surface area contributed by atoms with Crippen molar-refractivity contribution in [1.29, 1.82) is 0 Å². The van der Waals surface area contributed by atoms with Gasteiger partial charge >= 0.3 is 12.1 Å². The molecular weight excluding hydrogens is 462 g/mol. The third kappa shape index (κ3) is 7.83. The quantitative estimate of drug-likeness (QED) is 0.224. The van der Waals surface area contributed by atoms with Crippen LogP contribution >= 0.6 is 0 Å². The van der Waals surface area contributed by atoms with Gasteiger partial charge in [0, 0.05) is 12.5 Å². The van der Waals surface area contributed by atoms with Crippen LogP contribution in [0.2, 0.25) is 0 Å². The largest absolute Gasteiger partial charge is 0.464 e. The molecule has 1 unspecified atom stereocenters. The van der Waals surface area contributed by atoms with Crippen molar-refractivity contribution in [3.63, 3.8) is 0 Å². The number of hydrogen-bond donors (Lipinski definition) is 2. The summed E-state index contributed by atoms with van der Waals surface area (Å²) in [5.41, 5.74) is -1.82. The summed E-state index contributed by atoms with van der Waals surface area (Å²) in [6.07, 6.45) is 8.29. The number of likely N-dealkylation sites (tertiary alicyclic amines) is 1. The summed E-state index contributed by atoms with van der Waals surface area (Å²) in [4.78, 5) is 53.4. The summed E-state index contributed by atoms with van der Waals surface area (Å²) >= 11 is 0. The number of nitrogens with zero attached hydrogens (tertiary/aromatic N) is 1. The highest BCUT2D eigenvalue weighted by Crippen LogP contribution is 2.45. The van der Waals surface area contributed by atoms with E-state index in [2.05, 4.69) is 23.8 Å². The Morgan fingerprint density at radius 3 is 2.47 bits per heavy atom. The Hall–Kier alpha value is -2.84. The number of allylic oxidation sites excluding steroid dienone is 1. The molecule has 0 aromatic rings. The van der Waals surface area contributed by atoms with Gasteiger partial charge < -0.3 is 25.0 Å². The monoisotopic (exact) mass is 505 g/mol. The second kappa shape index (κ2) is 12.9. The fourth-order valence-electron chi connectivity index (χ4n) is 4.59. The van der Waals surface area contributed by atoms with Crippen LogP contribution in [0.1, 0.15) is 79.1 Å². The molecule has 0 spiro atoms.